The molecule has 0 radical (unpaired) electrons. The van der Waals surface area contributed by atoms with Gasteiger partial charge in [0.05, 0.1) is 17.6 Å². The molecule has 1 aliphatic rings. The number of piperidine rings is 1. The largest absolute Gasteiger partial charge is 0.438 e. The Morgan fingerprint density at radius 1 is 1.09 bits per heavy atom. The van der Waals surface area contributed by atoms with Gasteiger partial charge in [0.15, 0.2) is 5.65 Å². The maximum Gasteiger partial charge on any atom is 0.323 e. The summed E-state index contributed by atoms with van der Waals surface area (Å²) in [6.45, 7) is 5.00. The molecule has 180 valence electrons. The molecule has 5 rings (SSSR count). The summed E-state index contributed by atoms with van der Waals surface area (Å²) in [4.78, 5) is 20.8. The second-order valence-electron chi connectivity index (χ2n) is 8.87. The Bertz CT molecular complexity index is 1360. The van der Waals surface area contributed by atoms with Gasteiger partial charge >= 0.3 is 6.03 Å². The molecule has 2 amide bonds. The topological polar surface area (TPSA) is 115 Å². The van der Waals surface area contributed by atoms with Gasteiger partial charge in [-0.2, -0.15) is 0 Å². The number of nitrogen functional groups attached to an aromatic ring is 1. The molecule has 1 fully saturated rings. The van der Waals surface area contributed by atoms with Crippen molar-refractivity contribution >= 4 is 28.9 Å². The molecule has 1 saturated heterocycles. The molecule has 0 spiro atoms. The van der Waals surface area contributed by atoms with E-state index in [-0.39, 0.29) is 0 Å². The first-order chi connectivity index (χ1) is 17.0. The van der Waals surface area contributed by atoms with E-state index in [1.807, 2.05) is 37.3 Å². The number of primary amides is 1. The van der Waals surface area contributed by atoms with Crippen molar-refractivity contribution < 1.29 is 9.53 Å². The molecule has 0 unspecified atom stereocenters. The van der Waals surface area contributed by atoms with Crippen LogP contribution in [0.1, 0.15) is 30.4 Å². The van der Waals surface area contributed by atoms with E-state index >= 15 is 0 Å². The molecule has 0 atom stereocenters. The van der Waals surface area contributed by atoms with Gasteiger partial charge in [-0.1, -0.05) is 24.6 Å². The minimum atomic E-state index is -0.561. The van der Waals surface area contributed by atoms with Crippen molar-refractivity contribution in [1.29, 1.82) is 0 Å². The quantitative estimate of drug-likeness (QED) is 0.424. The van der Waals surface area contributed by atoms with Crippen LogP contribution in [0.25, 0.3) is 5.65 Å². The van der Waals surface area contributed by atoms with Gasteiger partial charge in [0.2, 0.25) is 5.88 Å². The maximum atomic E-state index is 12.6. The van der Waals surface area contributed by atoms with Crippen LogP contribution < -0.4 is 21.1 Å². The summed E-state index contributed by atoms with van der Waals surface area (Å²) in [6.07, 6.45) is 5.38. The number of anilines is 3. The van der Waals surface area contributed by atoms with Gasteiger partial charge in [0, 0.05) is 18.7 Å². The minimum Gasteiger partial charge on any atom is -0.438 e. The number of hydrogen-bond donors (Lipinski definition) is 2. The highest BCUT2D eigenvalue weighted by Gasteiger charge is 2.19. The number of rotatable bonds is 6. The minimum absolute atomic E-state index is 0.374. The van der Waals surface area contributed by atoms with Crippen LogP contribution in [0, 0.1) is 6.92 Å². The van der Waals surface area contributed by atoms with Gasteiger partial charge in [0.1, 0.15) is 11.6 Å². The summed E-state index contributed by atoms with van der Waals surface area (Å²) in [6, 6.07) is 16.4. The standard InChI is InChI=1S/C26H29N7O2/c1-18-8-9-21(35-25-11-10-24-29-23(27)17-32(24)30-25)15-22(18)33(26(28)34)20-7-5-6-19(14-20)16-31-12-3-2-4-13-31/h5-11,14-15,17H,2-4,12-13,16,27H2,1H3,(H2,28,34). The maximum absolute atomic E-state index is 12.6. The summed E-state index contributed by atoms with van der Waals surface area (Å²) in [5, 5.41) is 4.39. The molecule has 9 heteroatoms. The fourth-order valence-corrected chi connectivity index (χ4v) is 4.51. The molecule has 35 heavy (non-hydrogen) atoms. The first-order valence-corrected chi connectivity index (χ1v) is 11.8. The van der Waals surface area contributed by atoms with Crippen LogP contribution in [0.15, 0.2) is 60.8 Å². The lowest BCUT2D eigenvalue weighted by molar-refractivity contribution is 0.221. The van der Waals surface area contributed by atoms with Crippen molar-refractivity contribution in [3.63, 3.8) is 0 Å². The number of likely N-dealkylation sites (tertiary alicyclic amines) is 1. The summed E-state index contributed by atoms with van der Waals surface area (Å²) in [7, 11) is 0. The number of urea groups is 1. The number of ether oxygens (including phenoxy) is 1. The first-order valence-electron chi connectivity index (χ1n) is 11.8. The van der Waals surface area contributed by atoms with Crippen molar-refractivity contribution in [2.45, 2.75) is 32.7 Å². The lowest BCUT2D eigenvalue weighted by atomic mass is 10.1. The number of fused-ring (bicyclic) bond motifs is 1. The second-order valence-corrected chi connectivity index (χ2v) is 8.87. The zero-order valence-electron chi connectivity index (χ0n) is 19.7. The van der Waals surface area contributed by atoms with Crippen LogP contribution in [0.4, 0.5) is 22.0 Å². The number of benzene rings is 2. The van der Waals surface area contributed by atoms with E-state index < -0.39 is 6.03 Å². The van der Waals surface area contributed by atoms with Crippen LogP contribution >= 0.6 is 0 Å². The second kappa shape index (κ2) is 9.63. The van der Waals surface area contributed by atoms with Crippen LogP contribution in [0.2, 0.25) is 0 Å². The Balaban J connectivity index is 1.43. The third kappa shape index (κ3) is 5.04. The van der Waals surface area contributed by atoms with E-state index in [2.05, 4.69) is 21.0 Å². The molecule has 3 heterocycles. The number of nitrogens with two attached hydrogens (primary N) is 2. The van der Waals surface area contributed by atoms with E-state index in [0.717, 1.165) is 36.4 Å². The number of nitrogens with zero attached hydrogens (tertiary/aromatic N) is 5. The van der Waals surface area contributed by atoms with Crippen molar-refractivity contribution in [3.05, 3.63) is 71.9 Å². The van der Waals surface area contributed by atoms with E-state index in [4.69, 9.17) is 16.2 Å². The fourth-order valence-electron chi connectivity index (χ4n) is 4.51. The summed E-state index contributed by atoms with van der Waals surface area (Å²) in [5.74, 6) is 1.28. The normalized spacial score (nSPS) is 14.2. The highest BCUT2D eigenvalue weighted by molar-refractivity contribution is 5.99. The van der Waals surface area contributed by atoms with Crippen molar-refractivity contribution in [3.8, 4) is 11.6 Å². The lowest BCUT2D eigenvalue weighted by Crippen LogP contribution is -2.32. The highest BCUT2D eigenvalue weighted by Crippen LogP contribution is 2.33. The van der Waals surface area contributed by atoms with Crippen molar-refractivity contribution in [2.24, 2.45) is 5.73 Å². The first kappa shape index (κ1) is 22.7. The molecule has 2 aromatic carbocycles. The van der Waals surface area contributed by atoms with E-state index in [1.165, 1.54) is 24.2 Å². The predicted octanol–water partition coefficient (Wildman–Crippen LogP) is 4.61. The molecule has 4 aromatic rings. The molecule has 2 aromatic heterocycles. The number of carbonyl (C=O) groups is 1. The zero-order chi connectivity index (χ0) is 24.4. The predicted molar refractivity (Wildman–Crippen MR) is 136 cm³/mol. The highest BCUT2D eigenvalue weighted by atomic mass is 16.5. The Hall–Kier alpha value is -4.11. The fraction of sp³-hybridized carbons (Fsp3) is 0.269. The number of hydrogen-bond acceptors (Lipinski definition) is 6. The van der Waals surface area contributed by atoms with Crippen LogP contribution in [0.3, 0.4) is 0 Å². The number of aryl methyl sites for hydroxylation is 1. The van der Waals surface area contributed by atoms with Gasteiger partial charge in [-0.3, -0.25) is 9.80 Å². The number of imidazole rings is 1. The number of carbonyl (C=O) groups excluding carboxylic acids is 1. The van der Waals surface area contributed by atoms with E-state index in [9.17, 15) is 4.79 Å². The average Bonchev–Trinajstić information content (AvgIpc) is 3.21. The molecular formula is C26H29N7O2. The van der Waals surface area contributed by atoms with Gasteiger partial charge in [0.25, 0.3) is 0 Å². The third-order valence-corrected chi connectivity index (χ3v) is 6.20. The van der Waals surface area contributed by atoms with Crippen LogP contribution in [0.5, 0.6) is 11.6 Å². The van der Waals surface area contributed by atoms with Crippen molar-refractivity contribution in [1.82, 2.24) is 19.5 Å². The number of aromatic nitrogens is 3. The molecule has 0 saturated carbocycles. The smallest absolute Gasteiger partial charge is 0.323 e. The summed E-state index contributed by atoms with van der Waals surface area (Å²) >= 11 is 0. The van der Waals surface area contributed by atoms with Gasteiger partial charge in [-0.25, -0.2) is 14.3 Å². The molecule has 0 aliphatic carbocycles. The van der Waals surface area contributed by atoms with Gasteiger partial charge in [-0.15, -0.1) is 5.10 Å². The number of amides is 2. The molecule has 0 bridgehead atoms. The Morgan fingerprint density at radius 2 is 1.91 bits per heavy atom. The third-order valence-electron chi connectivity index (χ3n) is 6.20. The van der Waals surface area contributed by atoms with E-state index in [1.54, 1.807) is 28.9 Å². The lowest BCUT2D eigenvalue weighted by Gasteiger charge is -2.27. The average molecular weight is 472 g/mol. The van der Waals surface area contributed by atoms with E-state index in [0.29, 0.717) is 28.8 Å². The summed E-state index contributed by atoms with van der Waals surface area (Å²) < 4.78 is 7.55. The Labute approximate surface area is 203 Å². The molecule has 1 aliphatic heterocycles. The molecular weight excluding hydrogens is 442 g/mol. The monoisotopic (exact) mass is 471 g/mol. The van der Waals surface area contributed by atoms with Gasteiger partial charge < -0.3 is 16.2 Å². The Morgan fingerprint density at radius 3 is 2.71 bits per heavy atom. The molecule has 9 nitrogen and oxygen atoms in total. The Kier molecular flexibility index (Phi) is 6.24. The zero-order valence-corrected chi connectivity index (χ0v) is 19.7. The van der Waals surface area contributed by atoms with Crippen molar-refractivity contribution in [2.75, 3.05) is 23.7 Å². The van der Waals surface area contributed by atoms with Crippen LogP contribution in [-0.2, 0) is 6.54 Å². The van der Waals surface area contributed by atoms with Crippen LogP contribution in [-0.4, -0.2) is 38.6 Å². The summed E-state index contributed by atoms with van der Waals surface area (Å²) in [5.41, 5.74) is 15.7. The molecule has 4 N–H and O–H groups in total. The SMILES string of the molecule is Cc1ccc(Oc2ccc3nc(N)cn3n2)cc1N(C(N)=O)c1cccc(CN2CCCCC2)c1. The van der Waals surface area contributed by atoms with Gasteiger partial charge in [-0.05, 0) is 68.2 Å².